The van der Waals surface area contributed by atoms with E-state index < -0.39 is 0 Å². The van der Waals surface area contributed by atoms with Crippen LogP contribution in [0.25, 0.3) is 0 Å². The first kappa shape index (κ1) is 11.6. The van der Waals surface area contributed by atoms with Crippen LogP contribution in [0.2, 0.25) is 0 Å². The van der Waals surface area contributed by atoms with E-state index in [-0.39, 0.29) is 5.41 Å². The van der Waals surface area contributed by atoms with E-state index >= 15 is 0 Å². The Morgan fingerprint density at radius 2 is 2.00 bits per heavy atom. The molecule has 1 N–H and O–H groups in total. The third-order valence-electron chi connectivity index (χ3n) is 3.66. The Morgan fingerprint density at radius 1 is 1.31 bits per heavy atom. The lowest BCUT2D eigenvalue weighted by molar-refractivity contribution is 0.132. The summed E-state index contributed by atoms with van der Waals surface area (Å²) >= 11 is 0. The smallest absolute Gasteiger partial charge is 0.0503 e. The average Bonchev–Trinajstić information content (AvgIpc) is 2.64. The molecule has 1 atom stereocenters. The number of likely N-dealkylation sites (tertiary alicyclic amines) is 1. The molecule has 16 heavy (non-hydrogen) atoms. The van der Waals surface area contributed by atoms with Gasteiger partial charge in [-0.1, -0.05) is 29.8 Å². The second kappa shape index (κ2) is 4.56. The van der Waals surface area contributed by atoms with Gasteiger partial charge in [0.25, 0.3) is 0 Å². The topological polar surface area (TPSA) is 23.5 Å². The lowest BCUT2D eigenvalue weighted by Gasteiger charge is -2.26. The maximum atomic E-state index is 9.62. The van der Waals surface area contributed by atoms with Crippen LogP contribution in [0.15, 0.2) is 24.3 Å². The largest absolute Gasteiger partial charge is 0.396 e. The Balaban J connectivity index is 2.10. The van der Waals surface area contributed by atoms with Crippen molar-refractivity contribution in [3.63, 3.8) is 0 Å². The van der Waals surface area contributed by atoms with Gasteiger partial charge in [-0.2, -0.15) is 0 Å². The fraction of sp³-hybridized carbons (Fsp3) is 0.571. The molecule has 1 aromatic rings. The van der Waals surface area contributed by atoms with Crippen molar-refractivity contribution in [3.8, 4) is 0 Å². The zero-order chi connectivity index (χ0) is 11.6. The molecule has 0 saturated carbocycles. The molecule has 1 heterocycles. The van der Waals surface area contributed by atoms with Crippen LogP contribution in [-0.4, -0.2) is 36.8 Å². The molecule has 1 aromatic carbocycles. The number of hydrogen-bond acceptors (Lipinski definition) is 2. The highest BCUT2D eigenvalue weighted by Gasteiger charge is 2.36. The van der Waals surface area contributed by atoms with Crippen molar-refractivity contribution < 1.29 is 5.11 Å². The Labute approximate surface area is 97.9 Å². The number of nitrogens with zero attached hydrogens (tertiary/aromatic N) is 1. The second-order valence-electron chi connectivity index (χ2n) is 5.31. The number of rotatable bonds is 3. The van der Waals surface area contributed by atoms with Gasteiger partial charge in [0.2, 0.25) is 0 Å². The lowest BCUT2D eigenvalue weighted by Crippen LogP contribution is -2.31. The summed E-state index contributed by atoms with van der Waals surface area (Å²) in [6.07, 6.45) is 2.10. The number of aliphatic hydroxyl groups excluding tert-OH is 1. The Kier molecular flexibility index (Phi) is 3.31. The summed E-state index contributed by atoms with van der Waals surface area (Å²) in [6.45, 7) is 4.52. The highest BCUT2D eigenvalue weighted by molar-refractivity contribution is 5.22. The van der Waals surface area contributed by atoms with E-state index in [9.17, 15) is 5.11 Å². The summed E-state index contributed by atoms with van der Waals surface area (Å²) in [4.78, 5) is 2.31. The predicted octanol–water partition coefficient (Wildman–Crippen LogP) is 1.85. The van der Waals surface area contributed by atoms with Crippen LogP contribution in [0.4, 0.5) is 0 Å². The minimum atomic E-state index is 0.0873. The summed E-state index contributed by atoms with van der Waals surface area (Å²) < 4.78 is 0. The van der Waals surface area contributed by atoms with Gasteiger partial charge < -0.3 is 10.0 Å². The van der Waals surface area contributed by atoms with Gasteiger partial charge in [-0.25, -0.2) is 0 Å². The van der Waals surface area contributed by atoms with Crippen LogP contribution in [0.1, 0.15) is 17.5 Å². The van der Waals surface area contributed by atoms with E-state index in [1.165, 1.54) is 11.1 Å². The summed E-state index contributed by atoms with van der Waals surface area (Å²) in [5.41, 5.74) is 2.73. The zero-order valence-corrected chi connectivity index (χ0v) is 10.2. The van der Waals surface area contributed by atoms with Gasteiger partial charge in [0.1, 0.15) is 0 Å². The first-order valence-electron chi connectivity index (χ1n) is 5.99. The quantitative estimate of drug-likeness (QED) is 0.838. The number of aryl methyl sites for hydroxylation is 1. The van der Waals surface area contributed by atoms with E-state index in [1.807, 2.05) is 0 Å². The fourth-order valence-corrected chi connectivity index (χ4v) is 2.63. The van der Waals surface area contributed by atoms with Crippen molar-refractivity contribution in [1.82, 2.24) is 4.90 Å². The molecule has 0 aromatic heterocycles. The molecule has 0 spiro atoms. The maximum Gasteiger partial charge on any atom is 0.0503 e. The number of benzene rings is 1. The fourth-order valence-electron chi connectivity index (χ4n) is 2.63. The van der Waals surface area contributed by atoms with Crippen LogP contribution >= 0.6 is 0 Å². The van der Waals surface area contributed by atoms with Crippen molar-refractivity contribution in [2.24, 2.45) is 5.41 Å². The lowest BCUT2D eigenvalue weighted by atomic mass is 9.81. The third kappa shape index (κ3) is 2.45. The highest BCUT2D eigenvalue weighted by atomic mass is 16.3. The van der Waals surface area contributed by atoms with Gasteiger partial charge in [0.05, 0.1) is 6.61 Å². The van der Waals surface area contributed by atoms with E-state index in [2.05, 4.69) is 43.1 Å². The molecule has 1 aliphatic rings. The van der Waals surface area contributed by atoms with Gasteiger partial charge in [0.15, 0.2) is 0 Å². The van der Waals surface area contributed by atoms with E-state index in [4.69, 9.17) is 0 Å². The summed E-state index contributed by atoms with van der Waals surface area (Å²) in [6, 6.07) is 8.67. The van der Waals surface area contributed by atoms with Crippen LogP contribution < -0.4 is 0 Å². The zero-order valence-electron chi connectivity index (χ0n) is 10.2. The van der Waals surface area contributed by atoms with E-state index in [0.717, 1.165) is 25.9 Å². The minimum Gasteiger partial charge on any atom is -0.396 e. The molecule has 88 valence electrons. The Hall–Kier alpha value is -0.860. The number of aliphatic hydroxyl groups is 1. The van der Waals surface area contributed by atoms with Crippen molar-refractivity contribution in [2.75, 3.05) is 26.7 Å². The number of hydrogen-bond donors (Lipinski definition) is 1. The highest BCUT2D eigenvalue weighted by Crippen LogP contribution is 2.32. The van der Waals surface area contributed by atoms with Crippen LogP contribution in [0, 0.1) is 12.3 Å². The maximum absolute atomic E-state index is 9.62. The summed E-state index contributed by atoms with van der Waals surface area (Å²) in [5.74, 6) is 0. The molecule has 1 aliphatic heterocycles. The third-order valence-corrected chi connectivity index (χ3v) is 3.66. The molecular formula is C14H21NO. The normalized spacial score (nSPS) is 26.2. The molecule has 2 rings (SSSR count). The van der Waals surface area contributed by atoms with Gasteiger partial charge >= 0.3 is 0 Å². The molecule has 0 aliphatic carbocycles. The molecule has 0 bridgehead atoms. The average molecular weight is 219 g/mol. The predicted molar refractivity (Wildman–Crippen MR) is 66.5 cm³/mol. The van der Waals surface area contributed by atoms with Gasteiger partial charge in [-0.15, -0.1) is 0 Å². The molecule has 1 unspecified atom stereocenters. The minimum absolute atomic E-state index is 0.0873. The first-order valence-corrected chi connectivity index (χ1v) is 5.99. The second-order valence-corrected chi connectivity index (χ2v) is 5.31. The molecule has 2 nitrogen and oxygen atoms in total. The van der Waals surface area contributed by atoms with Crippen molar-refractivity contribution in [1.29, 1.82) is 0 Å². The summed E-state index contributed by atoms with van der Waals surface area (Å²) in [7, 11) is 2.13. The van der Waals surface area contributed by atoms with Gasteiger partial charge in [-0.3, -0.25) is 0 Å². The standard InChI is InChI=1S/C14H21NO/c1-12-3-5-13(6-4-12)9-14(11-16)7-8-15(2)10-14/h3-6,16H,7-11H2,1-2H3. The Morgan fingerprint density at radius 3 is 2.50 bits per heavy atom. The van der Waals surface area contributed by atoms with Gasteiger partial charge in [0, 0.05) is 12.0 Å². The summed E-state index contributed by atoms with van der Waals surface area (Å²) in [5, 5.41) is 9.62. The molecule has 0 amide bonds. The molecular weight excluding hydrogens is 198 g/mol. The molecule has 2 heteroatoms. The van der Waals surface area contributed by atoms with E-state index in [1.54, 1.807) is 0 Å². The van der Waals surface area contributed by atoms with Crippen molar-refractivity contribution in [2.45, 2.75) is 19.8 Å². The van der Waals surface area contributed by atoms with Crippen molar-refractivity contribution in [3.05, 3.63) is 35.4 Å². The molecule has 1 fully saturated rings. The SMILES string of the molecule is Cc1ccc(CC2(CO)CCN(C)C2)cc1. The van der Waals surface area contributed by atoms with Crippen LogP contribution in [0.3, 0.4) is 0 Å². The monoisotopic (exact) mass is 219 g/mol. The van der Waals surface area contributed by atoms with E-state index in [0.29, 0.717) is 6.61 Å². The molecule has 1 saturated heterocycles. The van der Waals surface area contributed by atoms with Gasteiger partial charge in [-0.05, 0) is 38.9 Å². The van der Waals surface area contributed by atoms with Crippen LogP contribution in [0.5, 0.6) is 0 Å². The van der Waals surface area contributed by atoms with Crippen molar-refractivity contribution >= 4 is 0 Å². The van der Waals surface area contributed by atoms with Crippen LogP contribution in [-0.2, 0) is 6.42 Å². The Bertz CT molecular complexity index is 346. The first-order chi connectivity index (χ1) is 7.63. The molecule has 0 radical (unpaired) electrons.